The number of hydrogen-bond donors (Lipinski definition) is 1. The Bertz CT molecular complexity index is 2640. The number of aryl methyl sites for hydroxylation is 4. The molecule has 11 nitrogen and oxygen atoms in total. The summed E-state index contributed by atoms with van der Waals surface area (Å²) < 4.78 is 55.0. The molecule has 0 unspecified atom stereocenters. The second-order valence-electron chi connectivity index (χ2n) is 16.4. The minimum atomic E-state index is -3.97. The van der Waals surface area contributed by atoms with Crippen molar-refractivity contribution in [1.82, 2.24) is 29.2 Å². The predicted octanol–water partition coefficient (Wildman–Crippen LogP) is 7.58. The summed E-state index contributed by atoms with van der Waals surface area (Å²) in [6.07, 6.45) is 3.76. The largest absolute Gasteiger partial charge is 0.360 e. The number of sulfonamides is 1. The summed E-state index contributed by atoms with van der Waals surface area (Å²) in [6, 6.07) is 10.9. The summed E-state index contributed by atoms with van der Waals surface area (Å²) in [5.74, 6) is -0.168. The van der Waals surface area contributed by atoms with E-state index in [9.17, 15) is 18.5 Å². The van der Waals surface area contributed by atoms with Crippen LogP contribution in [0.15, 0.2) is 39.8 Å². The van der Waals surface area contributed by atoms with Gasteiger partial charge in [-0.3, -0.25) is 4.79 Å². The summed E-state index contributed by atoms with van der Waals surface area (Å²) >= 11 is 13.1. The molecule has 6 atom stereocenters. The Labute approximate surface area is 333 Å². The Hall–Kier alpha value is -4.06. The summed E-state index contributed by atoms with van der Waals surface area (Å²) in [4.78, 5) is 21.5. The van der Waals surface area contributed by atoms with E-state index >= 15 is 4.39 Å². The minimum absolute atomic E-state index is 0.0423. The van der Waals surface area contributed by atoms with Crippen molar-refractivity contribution in [2.24, 2.45) is 17.8 Å². The van der Waals surface area contributed by atoms with E-state index < -0.39 is 21.9 Å². The van der Waals surface area contributed by atoms with Gasteiger partial charge in [-0.05, 0) is 82.6 Å². The molecule has 15 heteroatoms. The quantitative estimate of drug-likeness (QED) is 0.169. The zero-order chi connectivity index (χ0) is 38.9. The van der Waals surface area contributed by atoms with Crippen LogP contribution in [-0.2, 0) is 21.2 Å². The van der Waals surface area contributed by atoms with Crippen LogP contribution in [0.5, 0.6) is 0 Å². The molecule has 4 bridgehead atoms. The number of halogens is 3. The zero-order valence-electron chi connectivity index (χ0n) is 31.2. The number of pyridine rings is 1. The van der Waals surface area contributed by atoms with Gasteiger partial charge in [0.25, 0.3) is 0 Å². The first-order valence-corrected chi connectivity index (χ1v) is 21.5. The van der Waals surface area contributed by atoms with E-state index in [1.165, 1.54) is 4.31 Å². The number of hydrogen-bond acceptors (Lipinski definition) is 8. The second-order valence-corrected chi connectivity index (χ2v) is 19.0. The van der Waals surface area contributed by atoms with Crippen LogP contribution in [0.2, 0.25) is 10.0 Å². The van der Waals surface area contributed by atoms with E-state index in [0.29, 0.717) is 45.3 Å². The third-order valence-corrected chi connectivity index (χ3v) is 15.9. The number of nitrogens with one attached hydrogen (secondary N) is 1. The van der Waals surface area contributed by atoms with Crippen molar-refractivity contribution in [2.75, 3.05) is 19.6 Å². The lowest BCUT2D eigenvalue weighted by Gasteiger charge is -2.40. The second kappa shape index (κ2) is 13.0. The highest BCUT2D eigenvalue weighted by Crippen LogP contribution is 2.54. The number of benzene rings is 2. The van der Waals surface area contributed by atoms with Crippen LogP contribution in [0.25, 0.3) is 32.9 Å². The molecule has 1 N–H and O–H groups in total. The van der Waals surface area contributed by atoms with Crippen LogP contribution >= 0.6 is 23.2 Å². The lowest BCUT2D eigenvalue weighted by atomic mass is 9.79. The Morgan fingerprint density at radius 1 is 1.09 bits per heavy atom. The smallest absolute Gasteiger partial charge is 0.248 e. The first-order valence-electron chi connectivity index (χ1n) is 19.3. The molecule has 1 amide bonds. The summed E-state index contributed by atoms with van der Waals surface area (Å²) in [5.41, 5.74) is 4.26. The Balaban J connectivity index is 1.20. The maximum Gasteiger partial charge on any atom is 0.248 e. The molecule has 7 heterocycles. The van der Waals surface area contributed by atoms with Crippen LogP contribution in [0, 0.1) is 55.7 Å². The normalized spacial score (nSPS) is 26.0. The molecule has 4 saturated heterocycles. The first kappa shape index (κ1) is 36.3. The molecule has 4 aliphatic heterocycles. The maximum atomic E-state index is 17.3. The SMILES string of the molecule is Cc1noc(C)c1S(=O)(=O)N1C[C@@H]2C[C@H](C1)N(C(=O)C1CC1)[C@H]2c1cc2c(C)nc3c(F)c(-c4cccc(Cl)c4Cl)c(CCC#N)cc3c2n1[C@H]1[C@H]2CN[C@@H]1C2. The minimum Gasteiger partial charge on any atom is -0.360 e. The van der Waals surface area contributed by atoms with Crippen molar-refractivity contribution >= 4 is 60.9 Å². The van der Waals surface area contributed by atoms with Gasteiger partial charge in [-0.25, -0.2) is 17.8 Å². The molecule has 2 saturated carbocycles. The van der Waals surface area contributed by atoms with Gasteiger partial charge in [-0.1, -0.05) is 40.5 Å². The van der Waals surface area contributed by atoms with Gasteiger partial charge in [-0.2, -0.15) is 9.57 Å². The number of fused-ring (bicyclic) bond motifs is 6. The maximum absolute atomic E-state index is 17.3. The summed E-state index contributed by atoms with van der Waals surface area (Å²) in [5, 5.41) is 19.3. The fourth-order valence-electron chi connectivity index (χ4n) is 10.4. The van der Waals surface area contributed by atoms with Gasteiger partial charge in [-0.15, -0.1) is 0 Å². The molecule has 56 heavy (non-hydrogen) atoms. The van der Waals surface area contributed by atoms with Gasteiger partial charge >= 0.3 is 0 Å². The average molecular weight is 817 g/mol. The van der Waals surface area contributed by atoms with E-state index in [-0.39, 0.29) is 88.6 Å². The van der Waals surface area contributed by atoms with Crippen molar-refractivity contribution in [1.29, 1.82) is 5.26 Å². The van der Waals surface area contributed by atoms with E-state index in [1.807, 2.05) is 17.9 Å². The van der Waals surface area contributed by atoms with Crippen LogP contribution in [0.3, 0.4) is 0 Å². The number of amides is 1. The molecule has 6 aliphatic rings. The van der Waals surface area contributed by atoms with Gasteiger partial charge in [0, 0.05) is 83.3 Å². The topological polar surface area (TPSA) is 137 Å². The van der Waals surface area contributed by atoms with Gasteiger partial charge in [0.15, 0.2) is 11.6 Å². The molecular formula is C41H40Cl2FN7O4S. The Morgan fingerprint density at radius 3 is 2.57 bits per heavy atom. The average Bonchev–Trinajstić information content (AvgIpc) is 3.42. The van der Waals surface area contributed by atoms with E-state index in [1.54, 1.807) is 32.0 Å². The third kappa shape index (κ3) is 5.25. The first-order chi connectivity index (χ1) is 26.9. The third-order valence-electron chi connectivity index (χ3n) is 13.0. The van der Waals surface area contributed by atoms with Crippen molar-refractivity contribution in [3.05, 3.63) is 74.6 Å². The molecule has 0 radical (unpaired) electrons. The van der Waals surface area contributed by atoms with Gasteiger partial charge in [0.1, 0.15) is 16.1 Å². The van der Waals surface area contributed by atoms with E-state index in [2.05, 4.69) is 27.2 Å². The van der Waals surface area contributed by atoms with Crippen molar-refractivity contribution in [3.63, 3.8) is 0 Å². The number of carbonyl (C=O) groups is 1. The number of likely N-dealkylation sites (tertiary alicyclic amines) is 1. The Morgan fingerprint density at radius 2 is 1.89 bits per heavy atom. The van der Waals surface area contributed by atoms with Gasteiger partial charge < -0.3 is 19.3 Å². The van der Waals surface area contributed by atoms with E-state index in [4.69, 9.17) is 32.7 Å². The highest BCUT2D eigenvalue weighted by molar-refractivity contribution is 7.89. The molecule has 2 aromatic carbocycles. The fraction of sp³-hybridized carbons (Fsp3) is 0.463. The fourth-order valence-corrected chi connectivity index (χ4v) is 12.7. The van der Waals surface area contributed by atoms with Crippen LogP contribution < -0.4 is 5.32 Å². The number of piperidine rings is 1. The number of nitriles is 1. The number of nitrogens with zero attached hydrogens (tertiary/aromatic N) is 6. The lowest BCUT2D eigenvalue weighted by Crippen LogP contribution is -2.47. The lowest BCUT2D eigenvalue weighted by molar-refractivity contribution is -0.135. The van der Waals surface area contributed by atoms with Crippen LogP contribution in [0.1, 0.15) is 72.6 Å². The standard InChI is InChI=1S/C41H40Cl2FN7O4S/c1-19-28-15-32(38-25-12-26(50(38)41(52)22-9-10-22)18-49(17-25)56(53,54)40-20(2)48-55-21(40)3)51(37-24-14-31(37)46-16-24)39(28)29-13-23(6-5-11-45)33(35(44)36(29)47-19)27-7-4-8-30(42)34(27)43/h4,7-8,13,15,22,24-26,31,37-38,46H,5-6,9-10,12,14,16-18H2,1-3H3/t24-,25+,26-,31-,37+,38-/m1/s1. The molecular weight excluding hydrogens is 776 g/mol. The van der Waals surface area contributed by atoms with Gasteiger partial charge in [0.05, 0.1) is 33.7 Å². The molecule has 2 aliphatic carbocycles. The highest BCUT2D eigenvalue weighted by Gasteiger charge is 2.56. The van der Waals surface area contributed by atoms with E-state index in [0.717, 1.165) is 42.4 Å². The van der Waals surface area contributed by atoms with Crippen LogP contribution in [-0.4, -0.2) is 70.0 Å². The molecule has 11 rings (SSSR count). The van der Waals surface area contributed by atoms with Crippen molar-refractivity contribution in [3.8, 4) is 17.2 Å². The Kier molecular flexibility index (Phi) is 8.41. The van der Waals surface area contributed by atoms with Crippen LogP contribution in [0.4, 0.5) is 4.39 Å². The number of aromatic nitrogens is 3. The predicted molar refractivity (Wildman–Crippen MR) is 209 cm³/mol. The monoisotopic (exact) mass is 815 g/mol. The highest BCUT2D eigenvalue weighted by atomic mass is 35.5. The summed E-state index contributed by atoms with van der Waals surface area (Å²) in [6.45, 7) is 6.39. The van der Waals surface area contributed by atoms with Crippen molar-refractivity contribution < 1.29 is 22.1 Å². The zero-order valence-corrected chi connectivity index (χ0v) is 33.5. The molecule has 0 spiro atoms. The molecule has 6 fully saturated rings. The number of carbonyl (C=O) groups excluding carboxylic acids is 1. The molecule has 5 aromatic rings. The number of rotatable bonds is 8. The van der Waals surface area contributed by atoms with Gasteiger partial charge in [0.2, 0.25) is 15.9 Å². The molecule has 3 aromatic heterocycles. The summed E-state index contributed by atoms with van der Waals surface area (Å²) in [7, 11) is -3.97. The van der Waals surface area contributed by atoms with Crippen molar-refractivity contribution in [2.45, 2.75) is 88.4 Å². The molecule has 290 valence electrons.